The standard InChI is InChI=1S/C16H27N3/c1-17-15-9-4-3-5-10-16(15)19(2)13-11-14-8-6-7-12-18-14/h6-8,12,15-17H,3-5,9-11,13H2,1-2H3. The summed E-state index contributed by atoms with van der Waals surface area (Å²) in [6, 6.07) is 7.50. The van der Waals surface area contributed by atoms with Gasteiger partial charge in [-0.1, -0.05) is 25.3 Å². The van der Waals surface area contributed by atoms with Crippen molar-refractivity contribution in [2.24, 2.45) is 0 Å². The van der Waals surface area contributed by atoms with E-state index < -0.39 is 0 Å². The summed E-state index contributed by atoms with van der Waals surface area (Å²) >= 11 is 0. The number of nitrogens with one attached hydrogen (secondary N) is 1. The van der Waals surface area contributed by atoms with Crippen LogP contribution in [0.1, 0.15) is 37.8 Å². The van der Waals surface area contributed by atoms with Crippen LogP contribution < -0.4 is 5.32 Å². The molecule has 1 aromatic rings. The van der Waals surface area contributed by atoms with Crippen molar-refractivity contribution in [2.45, 2.75) is 50.6 Å². The molecule has 3 nitrogen and oxygen atoms in total. The van der Waals surface area contributed by atoms with Crippen molar-refractivity contribution < 1.29 is 0 Å². The van der Waals surface area contributed by atoms with Gasteiger partial charge in [-0.05, 0) is 39.1 Å². The zero-order chi connectivity index (χ0) is 13.5. The lowest BCUT2D eigenvalue weighted by atomic mass is 10.0. The highest BCUT2D eigenvalue weighted by Crippen LogP contribution is 2.21. The molecule has 0 spiro atoms. The van der Waals surface area contributed by atoms with Crippen molar-refractivity contribution in [1.29, 1.82) is 0 Å². The Hall–Kier alpha value is -0.930. The molecule has 1 aliphatic rings. The van der Waals surface area contributed by atoms with Crippen molar-refractivity contribution in [1.82, 2.24) is 15.2 Å². The van der Waals surface area contributed by atoms with Gasteiger partial charge in [0.1, 0.15) is 0 Å². The summed E-state index contributed by atoms with van der Waals surface area (Å²) in [5.41, 5.74) is 1.20. The molecule has 1 saturated carbocycles. The van der Waals surface area contributed by atoms with Gasteiger partial charge in [0.25, 0.3) is 0 Å². The minimum Gasteiger partial charge on any atom is -0.315 e. The largest absolute Gasteiger partial charge is 0.315 e. The van der Waals surface area contributed by atoms with Gasteiger partial charge < -0.3 is 10.2 Å². The average Bonchev–Trinajstić information content (AvgIpc) is 2.71. The van der Waals surface area contributed by atoms with E-state index in [0.717, 1.165) is 13.0 Å². The minimum absolute atomic E-state index is 0.649. The van der Waals surface area contributed by atoms with Crippen LogP contribution in [0.5, 0.6) is 0 Å². The fourth-order valence-electron chi connectivity index (χ4n) is 3.16. The first-order chi connectivity index (χ1) is 9.31. The molecule has 2 unspecified atom stereocenters. The summed E-state index contributed by atoms with van der Waals surface area (Å²) in [5.74, 6) is 0. The predicted molar refractivity (Wildman–Crippen MR) is 80.3 cm³/mol. The first-order valence-corrected chi connectivity index (χ1v) is 7.58. The van der Waals surface area contributed by atoms with E-state index in [4.69, 9.17) is 0 Å². The van der Waals surface area contributed by atoms with E-state index in [1.807, 2.05) is 12.3 Å². The normalized spacial score (nSPS) is 24.4. The lowest BCUT2D eigenvalue weighted by Gasteiger charge is -2.33. The first-order valence-electron chi connectivity index (χ1n) is 7.58. The van der Waals surface area contributed by atoms with Crippen molar-refractivity contribution in [2.75, 3.05) is 20.6 Å². The van der Waals surface area contributed by atoms with Crippen molar-refractivity contribution >= 4 is 0 Å². The molecule has 0 aromatic carbocycles. The maximum atomic E-state index is 4.41. The van der Waals surface area contributed by atoms with Gasteiger partial charge >= 0.3 is 0 Å². The molecule has 106 valence electrons. The maximum Gasteiger partial charge on any atom is 0.0416 e. The Morgan fingerprint density at radius 3 is 2.84 bits per heavy atom. The summed E-state index contributed by atoms with van der Waals surface area (Å²) in [7, 11) is 4.37. The molecule has 3 heteroatoms. The molecule has 0 amide bonds. The van der Waals surface area contributed by atoms with Crippen LogP contribution in [0.15, 0.2) is 24.4 Å². The monoisotopic (exact) mass is 261 g/mol. The molecular weight excluding hydrogens is 234 g/mol. The fourth-order valence-corrected chi connectivity index (χ4v) is 3.16. The highest BCUT2D eigenvalue weighted by Gasteiger charge is 2.25. The molecule has 1 fully saturated rings. The molecule has 1 aromatic heterocycles. The lowest BCUT2D eigenvalue weighted by Crippen LogP contribution is -2.47. The molecule has 1 aliphatic carbocycles. The van der Waals surface area contributed by atoms with Crippen LogP contribution in [0.25, 0.3) is 0 Å². The molecule has 1 heterocycles. The van der Waals surface area contributed by atoms with Crippen LogP contribution in [0.4, 0.5) is 0 Å². The van der Waals surface area contributed by atoms with Crippen LogP contribution in [-0.4, -0.2) is 42.6 Å². The molecule has 2 atom stereocenters. The molecule has 0 saturated heterocycles. The van der Waals surface area contributed by atoms with E-state index in [1.54, 1.807) is 0 Å². The Bertz CT molecular complexity index is 352. The number of nitrogens with zero attached hydrogens (tertiary/aromatic N) is 2. The highest BCUT2D eigenvalue weighted by atomic mass is 15.2. The highest BCUT2D eigenvalue weighted by molar-refractivity contribution is 5.04. The summed E-state index contributed by atoms with van der Waals surface area (Å²) < 4.78 is 0. The summed E-state index contributed by atoms with van der Waals surface area (Å²) in [4.78, 5) is 6.94. The topological polar surface area (TPSA) is 28.2 Å². The van der Waals surface area contributed by atoms with Crippen LogP contribution in [0.2, 0.25) is 0 Å². The third-order valence-corrected chi connectivity index (χ3v) is 4.36. The van der Waals surface area contributed by atoms with Gasteiger partial charge in [0, 0.05) is 36.9 Å². The average molecular weight is 261 g/mol. The van der Waals surface area contributed by atoms with Gasteiger partial charge in [-0.25, -0.2) is 0 Å². The van der Waals surface area contributed by atoms with Crippen LogP contribution in [0, 0.1) is 0 Å². The van der Waals surface area contributed by atoms with E-state index in [-0.39, 0.29) is 0 Å². The zero-order valence-electron chi connectivity index (χ0n) is 12.3. The Balaban J connectivity index is 1.88. The maximum absolute atomic E-state index is 4.41. The zero-order valence-corrected chi connectivity index (χ0v) is 12.3. The third kappa shape index (κ3) is 4.29. The van der Waals surface area contributed by atoms with Crippen molar-refractivity contribution in [3.05, 3.63) is 30.1 Å². The molecule has 19 heavy (non-hydrogen) atoms. The second-order valence-electron chi connectivity index (χ2n) is 5.65. The van der Waals surface area contributed by atoms with Gasteiger partial charge in [0.15, 0.2) is 0 Å². The Morgan fingerprint density at radius 1 is 1.26 bits per heavy atom. The van der Waals surface area contributed by atoms with Crippen LogP contribution in [0.3, 0.4) is 0 Å². The molecule has 1 N–H and O–H groups in total. The van der Waals surface area contributed by atoms with E-state index in [2.05, 4.69) is 41.4 Å². The minimum atomic E-state index is 0.649. The second-order valence-corrected chi connectivity index (χ2v) is 5.65. The Kier molecular flexibility index (Phi) is 5.80. The van der Waals surface area contributed by atoms with Crippen molar-refractivity contribution in [3.63, 3.8) is 0 Å². The fraction of sp³-hybridized carbons (Fsp3) is 0.688. The molecule has 0 radical (unpaired) electrons. The first kappa shape index (κ1) is 14.5. The number of hydrogen-bond acceptors (Lipinski definition) is 3. The van der Waals surface area contributed by atoms with Crippen LogP contribution in [-0.2, 0) is 6.42 Å². The number of aromatic nitrogens is 1. The number of likely N-dealkylation sites (N-methyl/N-ethyl adjacent to an activating group) is 2. The van der Waals surface area contributed by atoms with E-state index in [9.17, 15) is 0 Å². The smallest absolute Gasteiger partial charge is 0.0416 e. The van der Waals surface area contributed by atoms with E-state index >= 15 is 0 Å². The number of rotatable bonds is 5. The number of hydrogen-bond donors (Lipinski definition) is 1. The van der Waals surface area contributed by atoms with E-state index in [0.29, 0.717) is 12.1 Å². The quantitative estimate of drug-likeness (QED) is 0.825. The molecule has 0 bridgehead atoms. The summed E-state index contributed by atoms with van der Waals surface area (Å²) in [5, 5.41) is 3.52. The predicted octanol–water partition coefficient (Wildman–Crippen LogP) is 2.48. The molecule has 2 rings (SSSR count). The molecule has 0 aliphatic heterocycles. The third-order valence-electron chi connectivity index (χ3n) is 4.36. The Labute approximate surface area is 117 Å². The van der Waals surface area contributed by atoms with Gasteiger partial charge in [-0.15, -0.1) is 0 Å². The van der Waals surface area contributed by atoms with Gasteiger partial charge in [0.2, 0.25) is 0 Å². The van der Waals surface area contributed by atoms with Gasteiger partial charge in [0.05, 0.1) is 0 Å². The molecular formula is C16H27N3. The number of pyridine rings is 1. The van der Waals surface area contributed by atoms with Crippen molar-refractivity contribution in [3.8, 4) is 0 Å². The van der Waals surface area contributed by atoms with Gasteiger partial charge in [-0.2, -0.15) is 0 Å². The van der Waals surface area contributed by atoms with Crippen LogP contribution >= 0.6 is 0 Å². The van der Waals surface area contributed by atoms with E-state index in [1.165, 1.54) is 37.8 Å². The second kappa shape index (κ2) is 7.61. The SMILES string of the molecule is CNC1CCCCCC1N(C)CCc1ccccn1. The van der Waals surface area contributed by atoms with Gasteiger partial charge in [-0.3, -0.25) is 4.98 Å². The lowest BCUT2D eigenvalue weighted by molar-refractivity contribution is 0.188. The Morgan fingerprint density at radius 2 is 2.11 bits per heavy atom. The summed E-state index contributed by atoms with van der Waals surface area (Å²) in [6.45, 7) is 1.10. The summed E-state index contributed by atoms with van der Waals surface area (Å²) in [6.07, 6.45) is 9.70.